The van der Waals surface area contributed by atoms with E-state index in [1.807, 2.05) is 4.68 Å². The summed E-state index contributed by atoms with van der Waals surface area (Å²) in [6.07, 6.45) is 5.57. The molecule has 1 aliphatic heterocycles. The van der Waals surface area contributed by atoms with E-state index in [9.17, 15) is 4.79 Å². The highest BCUT2D eigenvalue weighted by molar-refractivity contribution is 5.88. The molecule has 1 saturated heterocycles. The molecule has 2 rings (SSSR count). The van der Waals surface area contributed by atoms with Crippen LogP contribution in [0.25, 0.3) is 0 Å². The average molecular weight is 209 g/mol. The fraction of sp³-hybridized carbons (Fsp3) is 0.600. The van der Waals surface area contributed by atoms with Gasteiger partial charge in [-0.3, -0.25) is 4.68 Å². The number of aromatic nitrogens is 2. The summed E-state index contributed by atoms with van der Waals surface area (Å²) < 4.78 is 6.47. The largest absolute Gasteiger partial charge is 0.465 e. The number of rotatable bonds is 2. The van der Waals surface area contributed by atoms with Gasteiger partial charge in [-0.1, -0.05) is 0 Å². The minimum absolute atomic E-state index is 0.329. The van der Waals surface area contributed by atoms with E-state index in [2.05, 4.69) is 15.2 Å². The molecule has 0 unspecified atom stereocenters. The lowest BCUT2D eigenvalue weighted by atomic mass is 10.1. The molecule has 0 radical (unpaired) electrons. The highest BCUT2D eigenvalue weighted by Crippen LogP contribution is 2.16. The van der Waals surface area contributed by atoms with Crippen molar-refractivity contribution in [2.45, 2.75) is 18.9 Å². The van der Waals surface area contributed by atoms with Gasteiger partial charge in [0.2, 0.25) is 0 Å². The van der Waals surface area contributed by atoms with E-state index in [0.29, 0.717) is 11.6 Å². The van der Waals surface area contributed by atoms with E-state index in [1.165, 1.54) is 7.11 Å². The Kier molecular flexibility index (Phi) is 3.01. The molecule has 82 valence electrons. The van der Waals surface area contributed by atoms with Crippen molar-refractivity contribution in [1.29, 1.82) is 0 Å². The van der Waals surface area contributed by atoms with E-state index < -0.39 is 0 Å². The maximum absolute atomic E-state index is 11.2. The van der Waals surface area contributed by atoms with Gasteiger partial charge in [0.15, 0.2) is 0 Å². The van der Waals surface area contributed by atoms with Crippen LogP contribution < -0.4 is 5.32 Å². The summed E-state index contributed by atoms with van der Waals surface area (Å²) in [5.74, 6) is -0.329. The third-order valence-electron chi connectivity index (χ3n) is 2.67. The van der Waals surface area contributed by atoms with Crippen LogP contribution >= 0.6 is 0 Å². The highest BCUT2D eigenvalue weighted by atomic mass is 16.5. The Morgan fingerprint density at radius 1 is 1.73 bits per heavy atom. The van der Waals surface area contributed by atoms with Crippen LogP contribution in [0.5, 0.6) is 0 Å². The molecule has 5 nitrogen and oxygen atoms in total. The molecule has 15 heavy (non-hydrogen) atoms. The van der Waals surface area contributed by atoms with Crippen molar-refractivity contribution >= 4 is 5.97 Å². The summed E-state index contributed by atoms with van der Waals surface area (Å²) in [6, 6.07) is 0.358. The van der Waals surface area contributed by atoms with E-state index in [4.69, 9.17) is 0 Å². The molecular weight excluding hydrogens is 194 g/mol. The van der Waals surface area contributed by atoms with Gasteiger partial charge in [0.1, 0.15) is 0 Å². The second-order valence-corrected chi connectivity index (χ2v) is 3.70. The number of carbonyl (C=O) groups excluding carboxylic acids is 1. The third kappa shape index (κ3) is 2.18. The molecule has 1 aliphatic rings. The number of ether oxygens (including phenoxy) is 1. The van der Waals surface area contributed by atoms with Crippen LogP contribution in [-0.4, -0.2) is 35.9 Å². The molecule has 0 bridgehead atoms. The predicted octanol–water partition coefficient (Wildman–Crippen LogP) is 0.594. The second-order valence-electron chi connectivity index (χ2n) is 3.70. The van der Waals surface area contributed by atoms with Crippen LogP contribution in [-0.2, 0) is 4.74 Å². The van der Waals surface area contributed by atoms with Crippen molar-refractivity contribution in [3.05, 3.63) is 18.0 Å². The van der Waals surface area contributed by atoms with Crippen molar-refractivity contribution in [2.75, 3.05) is 20.2 Å². The summed E-state index contributed by atoms with van der Waals surface area (Å²) in [7, 11) is 1.38. The Labute approximate surface area is 88.4 Å². The Balaban J connectivity index is 2.08. The van der Waals surface area contributed by atoms with Crippen molar-refractivity contribution in [2.24, 2.45) is 0 Å². The smallest absolute Gasteiger partial charge is 0.341 e. The van der Waals surface area contributed by atoms with Gasteiger partial charge in [0.05, 0.1) is 24.9 Å². The zero-order valence-corrected chi connectivity index (χ0v) is 8.77. The summed E-state index contributed by atoms with van der Waals surface area (Å²) >= 11 is 0. The predicted molar refractivity (Wildman–Crippen MR) is 54.7 cm³/mol. The van der Waals surface area contributed by atoms with Gasteiger partial charge in [-0.2, -0.15) is 5.10 Å². The number of piperidine rings is 1. The van der Waals surface area contributed by atoms with Gasteiger partial charge < -0.3 is 10.1 Å². The van der Waals surface area contributed by atoms with Crippen LogP contribution in [0.4, 0.5) is 0 Å². The summed E-state index contributed by atoms with van der Waals surface area (Å²) in [6.45, 7) is 1.99. The topological polar surface area (TPSA) is 56.1 Å². The maximum atomic E-state index is 11.2. The molecular formula is C10H15N3O2. The number of nitrogens with one attached hydrogen (secondary N) is 1. The van der Waals surface area contributed by atoms with Crippen LogP contribution in [0.2, 0.25) is 0 Å². The lowest BCUT2D eigenvalue weighted by Gasteiger charge is -2.22. The van der Waals surface area contributed by atoms with E-state index >= 15 is 0 Å². The Bertz CT molecular complexity index is 342. The van der Waals surface area contributed by atoms with Crippen LogP contribution in [0, 0.1) is 0 Å². The van der Waals surface area contributed by atoms with Crippen molar-refractivity contribution in [1.82, 2.24) is 15.1 Å². The van der Waals surface area contributed by atoms with E-state index in [0.717, 1.165) is 25.9 Å². The molecule has 1 N–H and O–H groups in total. The molecule has 1 atom stereocenters. The molecule has 1 aromatic rings. The highest BCUT2D eigenvalue weighted by Gasteiger charge is 2.17. The molecule has 0 spiro atoms. The first-order valence-corrected chi connectivity index (χ1v) is 5.14. The summed E-state index contributed by atoms with van der Waals surface area (Å²) in [5.41, 5.74) is 0.517. The zero-order valence-electron chi connectivity index (χ0n) is 8.77. The standard InChI is InChI=1S/C10H15N3O2/c1-15-10(14)8-5-12-13(7-8)9-3-2-4-11-6-9/h5,7,9,11H,2-4,6H2,1H3/t9-/m0/s1. The van der Waals surface area contributed by atoms with Crippen molar-refractivity contribution in [3.8, 4) is 0 Å². The Morgan fingerprint density at radius 2 is 2.60 bits per heavy atom. The number of esters is 1. The lowest BCUT2D eigenvalue weighted by molar-refractivity contribution is 0.0600. The molecule has 1 aromatic heterocycles. The number of carbonyl (C=O) groups is 1. The third-order valence-corrected chi connectivity index (χ3v) is 2.67. The lowest BCUT2D eigenvalue weighted by Crippen LogP contribution is -2.31. The van der Waals surface area contributed by atoms with Crippen molar-refractivity contribution in [3.63, 3.8) is 0 Å². The Morgan fingerprint density at radius 3 is 3.27 bits per heavy atom. The normalized spacial score (nSPS) is 21.3. The number of nitrogens with zero attached hydrogens (tertiary/aromatic N) is 2. The van der Waals surface area contributed by atoms with Gasteiger partial charge in [0.25, 0.3) is 0 Å². The fourth-order valence-corrected chi connectivity index (χ4v) is 1.82. The first kappa shape index (κ1) is 10.2. The molecule has 2 heterocycles. The average Bonchev–Trinajstić information content (AvgIpc) is 2.78. The van der Waals surface area contributed by atoms with Gasteiger partial charge in [-0.15, -0.1) is 0 Å². The number of methoxy groups -OCH3 is 1. The summed E-state index contributed by atoms with van der Waals surface area (Å²) in [5, 5.41) is 7.49. The molecule has 1 fully saturated rings. The van der Waals surface area contributed by atoms with E-state index in [1.54, 1.807) is 12.4 Å². The van der Waals surface area contributed by atoms with Gasteiger partial charge in [-0.25, -0.2) is 4.79 Å². The SMILES string of the molecule is COC(=O)c1cnn([C@H]2CCCNC2)c1. The summed E-state index contributed by atoms with van der Waals surface area (Å²) in [4.78, 5) is 11.2. The minimum atomic E-state index is -0.329. The first-order valence-electron chi connectivity index (χ1n) is 5.14. The van der Waals surface area contributed by atoms with Gasteiger partial charge in [0, 0.05) is 12.7 Å². The second kappa shape index (κ2) is 4.44. The van der Waals surface area contributed by atoms with Crippen LogP contribution in [0.15, 0.2) is 12.4 Å². The van der Waals surface area contributed by atoms with Crippen molar-refractivity contribution < 1.29 is 9.53 Å². The number of hydrogen-bond acceptors (Lipinski definition) is 4. The quantitative estimate of drug-likeness (QED) is 0.724. The zero-order chi connectivity index (χ0) is 10.7. The molecule has 0 saturated carbocycles. The minimum Gasteiger partial charge on any atom is -0.465 e. The molecule has 0 aromatic carbocycles. The van der Waals surface area contributed by atoms with Gasteiger partial charge in [-0.05, 0) is 19.4 Å². The Hall–Kier alpha value is -1.36. The van der Waals surface area contributed by atoms with E-state index in [-0.39, 0.29) is 5.97 Å². The van der Waals surface area contributed by atoms with Gasteiger partial charge >= 0.3 is 5.97 Å². The number of hydrogen-bond donors (Lipinski definition) is 1. The molecule has 5 heteroatoms. The fourth-order valence-electron chi connectivity index (χ4n) is 1.82. The first-order chi connectivity index (χ1) is 7.31. The maximum Gasteiger partial charge on any atom is 0.341 e. The molecule has 0 amide bonds. The van der Waals surface area contributed by atoms with Crippen LogP contribution in [0.3, 0.4) is 0 Å². The monoisotopic (exact) mass is 209 g/mol. The molecule has 0 aliphatic carbocycles. The van der Waals surface area contributed by atoms with Crippen LogP contribution in [0.1, 0.15) is 29.2 Å².